The highest BCUT2D eigenvalue weighted by atomic mass is 31.2. The predicted molar refractivity (Wildman–Crippen MR) is 94.6 cm³/mol. The molecule has 1 rings (SSSR count). The molecule has 8 N–H and O–H groups in total. The quantitative estimate of drug-likeness (QED) is 0.107. The number of phosphoric ester groups is 1. The summed E-state index contributed by atoms with van der Waals surface area (Å²) in [5.74, 6) is -3.61. The van der Waals surface area contributed by atoms with Gasteiger partial charge in [-0.25, -0.2) is 4.57 Å². The van der Waals surface area contributed by atoms with Crippen LogP contribution in [0.4, 0.5) is 0 Å². The van der Waals surface area contributed by atoms with Gasteiger partial charge >= 0.3 is 13.8 Å². The zero-order valence-corrected chi connectivity index (χ0v) is 15.8. The van der Waals surface area contributed by atoms with Crippen molar-refractivity contribution in [1.29, 1.82) is 0 Å². The fraction of sp³-hybridized carbons (Fsp3) is 0.600. The lowest BCUT2D eigenvalue weighted by Gasteiger charge is -2.31. The number of carboxylic acids is 1. The summed E-state index contributed by atoms with van der Waals surface area (Å²) in [5.41, 5.74) is 5.91. The number of amides is 1. The number of phosphoric acid groups is 1. The number of nitrogens with one attached hydrogen (secondary N) is 1. The van der Waals surface area contributed by atoms with E-state index in [0.717, 1.165) is 0 Å². The monoisotopic (exact) mass is 424 g/mol. The molecule has 0 radical (unpaired) electrons. The Hall–Kier alpha value is -1.63. The summed E-state index contributed by atoms with van der Waals surface area (Å²) < 4.78 is 19.7. The van der Waals surface area contributed by atoms with Gasteiger partial charge in [0.25, 0.3) is 0 Å². The first-order valence-electron chi connectivity index (χ1n) is 8.32. The molecule has 160 valence electrons. The zero-order valence-electron chi connectivity index (χ0n) is 14.9. The van der Waals surface area contributed by atoms with Crippen LogP contribution in [-0.2, 0) is 23.4 Å². The highest BCUT2D eigenvalue weighted by Gasteiger charge is 2.35. The van der Waals surface area contributed by atoms with Crippen LogP contribution < -0.4 is 11.1 Å². The van der Waals surface area contributed by atoms with Gasteiger partial charge in [-0.1, -0.05) is 6.08 Å². The number of hydrogen-bond acceptors (Lipinski definition) is 8. The molecule has 0 bridgehead atoms. The summed E-state index contributed by atoms with van der Waals surface area (Å²) in [6, 6.07) is -1.10. The average Bonchev–Trinajstić information content (AvgIpc) is 2.59. The molecule has 0 saturated carbocycles. The van der Waals surface area contributed by atoms with Crippen LogP contribution in [0.5, 0.6) is 0 Å². The molecule has 13 heteroatoms. The Bertz CT molecular complexity index is 661. The van der Waals surface area contributed by atoms with Crippen LogP contribution in [0.25, 0.3) is 0 Å². The molecule has 12 nitrogen and oxygen atoms in total. The van der Waals surface area contributed by atoms with Gasteiger partial charge in [-0.15, -0.1) is 0 Å². The Balaban J connectivity index is 2.35. The number of hydrogen-bond donors (Lipinski definition) is 7. The first kappa shape index (κ1) is 24.4. The summed E-state index contributed by atoms with van der Waals surface area (Å²) in [5, 5.41) is 31.4. The lowest BCUT2D eigenvalue weighted by Crippen LogP contribution is -2.44. The molecule has 1 aliphatic rings. The lowest BCUT2D eigenvalue weighted by atomic mass is 9.97. The molecule has 0 heterocycles. The number of allylic oxidation sites excluding steroid dienone is 1. The number of carbonyl (C=O) groups is 2. The molecule has 0 aromatic heterocycles. The number of aliphatic carboxylic acids is 1. The van der Waals surface area contributed by atoms with Gasteiger partial charge in [-0.2, -0.15) is 0 Å². The van der Waals surface area contributed by atoms with E-state index in [2.05, 4.69) is 9.84 Å². The maximum atomic E-state index is 11.6. The molecule has 2 unspecified atom stereocenters. The van der Waals surface area contributed by atoms with Gasteiger partial charge in [0.05, 0.1) is 13.2 Å². The zero-order chi connectivity index (χ0) is 21.4. The van der Waals surface area contributed by atoms with Gasteiger partial charge in [0.15, 0.2) is 0 Å². The topological polar surface area (TPSA) is 209 Å². The smallest absolute Gasteiger partial charge is 0.469 e. The maximum absolute atomic E-state index is 11.6. The van der Waals surface area contributed by atoms with E-state index in [1.807, 2.05) is 0 Å². The van der Waals surface area contributed by atoms with Crippen LogP contribution in [0.15, 0.2) is 23.8 Å². The average molecular weight is 424 g/mol. The van der Waals surface area contributed by atoms with Crippen molar-refractivity contribution in [2.24, 2.45) is 5.73 Å². The minimum absolute atomic E-state index is 0.0125. The van der Waals surface area contributed by atoms with Crippen molar-refractivity contribution in [3.05, 3.63) is 23.8 Å². The summed E-state index contributed by atoms with van der Waals surface area (Å²) >= 11 is 0. The highest BCUT2D eigenvalue weighted by Crippen LogP contribution is 2.35. The van der Waals surface area contributed by atoms with Crippen molar-refractivity contribution >= 4 is 19.7 Å². The van der Waals surface area contributed by atoms with E-state index in [9.17, 15) is 24.4 Å². The second-order valence-electron chi connectivity index (χ2n) is 6.03. The van der Waals surface area contributed by atoms with Crippen molar-refractivity contribution in [1.82, 2.24) is 5.32 Å². The van der Waals surface area contributed by atoms with E-state index in [1.54, 1.807) is 0 Å². The van der Waals surface area contributed by atoms with Gasteiger partial charge in [0, 0.05) is 13.0 Å². The number of rotatable bonds is 12. The number of carbonyl (C=O) groups excluding carboxylic acids is 1. The molecule has 3 atom stereocenters. The van der Waals surface area contributed by atoms with Crippen molar-refractivity contribution in [2.75, 3.05) is 19.8 Å². The Morgan fingerprint density at radius 3 is 2.61 bits per heavy atom. The van der Waals surface area contributed by atoms with Gasteiger partial charge in [0.1, 0.15) is 12.1 Å². The first-order valence-corrected chi connectivity index (χ1v) is 9.85. The SMILES string of the molecule is N[C@@H](CCC(=O)NCCC1=CC(O)C(O)(OCCOP(=O)(O)O)C=C1)C(=O)O. The molecule has 28 heavy (non-hydrogen) atoms. The van der Waals surface area contributed by atoms with Crippen molar-refractivity contribution in [3.8, 4) is 0 Å². The van der Waals surface area contributed by atoms with Gasteiger partial charge in [0.2, 0.25) is 11.7 Å². The van der Waals surface area contributed by atoms with E-state index < -0.39 is 38.3 Å². The third kappa shape index (κ3) is 9.04. The third-order valence-corrected chi connectivity index (χ3v) is 4.26. The molecule has 0 aromatic rings. The Morgan fingerprint density at radius 2 is 2.04 bits per heavy atom. The predicted octanol–water partition coefficient (Wildman–Crippen LogP) is -1.64. The number of carboxylic acid groups (broad SMARTS) is 1. The summed E-state index contributed by atoms with van der Waals surface area (Å²) in [4.78, 5) is 39.3. The molecular weight excluding hydrogens is 399 g/mol. The minimum Gasteiger partial charge on any atom is -0.480 e. The standard InChI is InChI=1S/C15H25N2O10P/c16-11(14(20)21)1-2-13(19)17-6-4-10-3-5-15(22,12(18)9-10)26-7-8-27-28(23,24)25/h3,5,9,11-12,18,22H,1-2,4,6-8,16H2,(H,17,19)(H,20,21)(H2,23,24,25)/t11-,12?,15?/m0/s1. The number of nitrogens with two attached hydrogens (primary N) is 1. The number of aliphatic hydroxyl groups is 2. The normalized spacial score (nSPS) is 23.2. The molecule has 0 saturated heterocycles. The van der Waals surface area contributed by atoms with E-state index in [-0.39, 0.29) is 31.9 Å². The molecule has 0 spiro atoms. The maximum Gasteiger partial charge on any atom is 0.469 e. The summed E-state index contributed by atoms with van der Waals surface area (Å²) in [6.07, 6.45) is 2.85. The number of aliphatic hydroxyl groups excluding tert-OH is 1. The van der Waals surface area contributed by atoms with E-state index in [1.165, 1.54) is 18.2 Å². The van der Waals surface area contributed by atoms with Crippen LogP contribution in [0.2, 0.25) is 0 Å². The summed E-state index contributed by atoms with van der Waals surface area (Å²) in [6.45, 7) is -0.637. The van der Waals surface area contributed by atoms with Gasteiger partial charge in [-0.05, 0) is 30.6 Å². The van der Waals surface area contributed by atoms with Crippen molar-refractivity contribution < 1.29 is 48.5 Å². The lowest BCUT2D eigenvalue weighted by molar-refractivity contribution is -0.215. The molecule has 1 aliphatic carbocycles. The van der Waals surface area contributed by atoms with Crippen LogP contribution in [0.1, 0.15) is 19.3 Å². The van der Waals surface area contributed by atoms with E-state index in [4.69, 9.17) is 25.4 Å². The van der Waals surface area contributed by atoms with Gasteiger partial charge in [-0.3, -0.25) is 14.1 Å². The van der Waals surface area contributed by atoms with Crippen molar-refractivity contribution in [3.63, 3.8) is 0 Å². The second kappa shape index (κ2) is 10.8. The van der Waals surface area contributed by atoms with E-state index >= 15 is 0 Å². The molecule has 0 aliphatic heterocycles. The Kier molecular flexibility index (Phi) is 9.40. The van der Waals surface area contributed by atoms with Crippen LogP contribution in [0, 0.1) is 0 Å². The molecule has 0 fully saturated rings. The van der Waals surface area contributed by atoms with Crippen molar-refractivity contribution in [2.45, 2.75) is 37.2 Å². The Morgan fingerprint density at radius 1 is 1.36 bits per heavy atom. The largest absolute Gasteiger partial charge is 0.480 e. The second-order valence-corrected chi connectivity index (χ2v) is 7.27. The molecule has 1 amide bonds. The highest BCUT2D eigenvalue weighted by molar-refractivity contribution is 7.46. The molecule has 0 aromatic carbocycles. The third-order valence-electron chi connectivity index (χ3n) is 3.74. The number of ether oxygens (including phenoxy) is 1. The summed E-state index contributed by atoms with van der Waals surface area (Å²) in [7, 11) is -4.64. The fourth-order valence-corrected chi connectivity index (χ4v) is 2.52. The minimum atomic E-state index is -4.64. The van der Waals surface area contributed by atoms with Crippen LogP contribution in [-0.4, -0.2) is 74.7 Å². The van der Waals surface area contributed by atoms with Gasteiger partial charge < -0.3 is 40.9 Å². The van der Waals surface area contributed by atoms with Crippen LogP contribution >= 0.6 is 7.82 Å². The van der Waals surface area contributed by atoms with Crippen LogP contribution in [0.3, 0.4) is 0 Å². The van der Waals surface area contributed by atoms with E-state index in [0.29, 0.717) is 12.0 Å². The first-order chi connectivity index (χ1) is 12.9. The Labute approximate surface area is 160 Å². The molecular formula is C15H25N2O10P. The fourth-order valence-electron chi connectivity index (χ4n) is 2.21.